The Morgan fingerprint density at radius 2 is 1.63 bits per heavy atom. The van der Waals surface area contributed by atoms with E-state index in [0.717, 1.165) is 114 Å². The minimum Gasteiger partial charge on any atom is -0.507 e. The van der Waals surface area contributed by atoms with Crippen molar-refractivity contribution in [2.75, 3.05) is 75.2 Å². The molecule has 5 aromatic rings. The van der Waals surface area contributed by atoms with Crippen LogP contribution in [-0.4, -0.2) is 130 Å². The molecule has 10 N–H and O–H groups in total. The van der Waals surface area contributed by atoms with Gasteiger partial charge in [0.15, 0.2) is 11.6 Å². The van der Waals surface area contributed by atoms with Crippen molar-refractivity contribution >= 4 is 29.5 Å². The average Bonchev–Trinajstić information content (AvgIpc) is 4.14. The minimum absolute atomic E-state index is 0.0851. The van der Waals surface area contributed by atoms with Crippen molar-refractivity contribution in [3.05, 3.63) is 119 Å². The molecule has 19 nitrogen and oxygen atoms in total. The Hall–Kier alpha value is -7.32. The van der Waals surface area contributed by atoms with Crippen molar-refractivity contribution in [3.63, 3.8) is 0 Å². The number of aryl methyl sites for hydroxylation is 1. The van der Waals surface area contributed by atoms with Crippen molar-refractivity contribution in [1.82, 2.24) is 40.4 Å². The number of rotatable bonds is 21. The number of piperidine rings is 2. The predicted octanol–water partition coefficient (Wildman–Crippen LogP) is 6.57. The number of likely N-dealkylation sites (tertiary alicyclic amines) is 1. The van der Waals surface area contributed by atoms with Gasteiger partial charge in [0.2, 0.25) is 18.2 Å². The van der Waals surface area contributed by atoms with Gasteiger partial charge in [-0.15, -0.1) is 0 Å². The molecule has 0 radical (unpaired) electrons. The van der Waals surface area contributed by atoms with Gasteiger partial charge in [0.05, 0.1) is 24.0 Å². The van der Waals surface area contributed by atoms with Crippen LogP contribution in [0.3, 0.4) is 0 Å². The molecule has 3 aromatic heterocycles. The molecule has 1 aliphatic carbocycles. The predicted molar refractivity (Wildman–Crippen MR) is 305 cm³/mol. The first-order chi connectivity index (χ1) is 38.1. The van der Waals surface area contributed by atoms with Crippen molar-refractivity contribution in [3.8, 4) is 22.9 Å². The third-order valence-electron chi connectivity index (χ3n) is 16.0. The van der Waals surface area contributed by atoms with Crippen molar-refractivity contribution in [2.45, 2.75) is 103 Å². The molecule has 3 aliphatic heterocycles. The zero-order valence-electron chi connectivity index (χ0n) is 46.4. The maximum atomic E-state index is 14.3. The molecule has 3 atom stereocenters. The number of carbonyl (C=O) groups is 2. The normalized spacial score (nSPS) is 18.0. The molecule has 0 bridgehead atoms. The average molecular weight is 1090 g/mol. The number of halogens is 1. The maximum Gasteiger partial charge on any atom is 0.224 e. The summed E-state index contributed by atoms with van der Waals surface area (Å²) in [5.41, 5.74) is 22.9. The smallest absolute Gasteiger partial charge is 0.224 e. The molecule has 4 aliphatic rings. The summed E-state index contributed by atoms with van der Waals surface area (Å²) < 4.78 is 27.7. The Kier molecular flexibility index (Phi) is 20.1. The summed E-state index contributed by atoms with van der Waals surface area (Å²) in [5, 5.41) is 34.3. The van der Waals surface area contributed by atoms with Gasteiger partial charge < -0.3 is 66.9 Å². The number of phenols is 1. The molecule has 20 heteroatoms. The van der Waals surface area contributed by atoms with E-state index in [4.69, 9.17) is 26.5 Å². The van der Waals surface area contributed by atoms with Gasteiger partial charge in [-0.1, -0.05) is 55.4 Å². The monoisotopic (exact) mass is 1090 g/mol. The van der Waals surface area contributed by atoms with Gasteiger partial charge in [-0.25, -0.2) is 9.37 Å². The van der Waals surface area contributed by atoms with Crippen LogP contribution in [0.4, 0.5) is 15.9 Å². The van der Waals surface area contributed by atoms with Gasteiger partial charge in [0, 0.05) is 125 Å². The van der Waals surface area contributed by atoms with Gasteiger partial charge in [-0.2, -0.15) is 5.10 Å². The number of nitrogens with one attached hydrogen (secondary N) is 2. The van der Waals surface area contributed by atoms with Gasteiger partial charge >= 0.3 is 0 Å². The third-order valence-corrected chi connectivity index (χ3v) is 16.0. The van der Waals surface area contributed by atoms with Gasteiger partial charge in [0.1, 0.15) is 29.1 Å². The van der Waals surface area contributed by atoms with Crippen LogP contribution < -0.4 is 42.4 Å². The number of hydrogen-bond donors (Lipinski definition) is 7. The molecule has 4 fully saturated rings. The number of para-hydroxylation sites is 1. The number of nitrogens with two attached hydrogens (primary N) is 3. The Morgan fingerprint density at radius 1 is 0.911 bits per heavy atom. The fourth-order valence-electron chi connectivity index (χ4n) is 11.2. The van der Waals surface area contributed by atoms with E-state index in [1.807, 2.05) is 55.5 Å². The second-order valence-electron chi connectivity index (χ2n) is 21.9. The van der Waals surface area contributed by atoms with Crippen LogP contribution in [0.15, 0.2) is 101 Å². The van der Waals surface area contributed by atoms with Crippen LogP contribution in [0.1, 0.15) is 107 Å². The fraction of sp³-hybridized carbons (Fsp3) is 0.508. The van der Waals surface area contributed by atoms with E-state index >= 15 is 0 Å². The summed E-state index contributed by atoms with van der Waals surface area (Å²) in [7, 11) is 1.70. The summed E-state index contributed by atoms with van der Waals surface area (Å²) in [6.07, 6.45) is 14.1. The van der Waals surface area contributed by atoms with Crippen LogP contribution in [0.2, 0.25) is 0 Å². The molecule has 3 saturated heterocycles. The second-order valence-corrected chi connectivity index (χ2v) is 21.9. The lowest BCUT2D eigenvalue weighted by Gasteiger charge is -2.38. The summed E-state index contributed by atoms with van der Waals surface area (Å²) in [6.45, 7) is 14.5. The van der Waals surface area contributed by atoms with Crippen molar-refractivity contribution in [1.29, 1.82) is 0 Å². The van der Waals surface area contributed by atoms with Crippen LogP contribution in [-0.2, 0) is 16.6 Å². The van der Waals surface area contributed by atoms with Gasteiger partial charge in [0.25, 0.3) is 0 Å². The van der Waals surface area contributed by atoms with Crippen molar-refractivity contribution in [2.24, 2.45) is 42.0 Å². The first-order valence-corrected chi connectivity index (χ1v) is 28.2. The number of aliphatic hydroxyl groups excluding tert-OH is 1. The molecule has 2 aromatic carbocycles. The molecule has 79 heavy (non-hydrogen) atoms. The zero-order chi connectivity index (χ0) is 56.0. The highest BCUT2D eigenvalue weighted by atomic mass is 19.1. The number of allylic oxidation sites excluding steroid dienone is 1. The summed E-state index contributed by atoms with van der Waals surface area (Å²) >= 11 is 0. The first-order valence-electron chi connectivity index (χ1n) is 28.2. The lowest BCUT2D eigenvalue weighted by atomic mass is 9.78. The lowest BCUT2D eigenvalue weighted by Crippen LogP contribution is -2.46. The summed E-state index contributed by atoms with van der Waals surface area (Å²) in [4.78, 5) is 38.5. The number of hydrogen-bond acceptors (Lipinski definition) is 16. The number of phenolic OH excluding ortho intramolecular Hbond substituents is 1. The highest BCUT2D eigenvalue weighted by molar-refractivity contribution is 5.80. The van der Waals surface area contributed by atoms with E-state index in [0.29, 0.717) is 77.7 Å². The van der Waals surface area contributed by atoms with Crippen LogP contribution in [0.25, 0.3) is 17.0 Å². The molecule has 2 amide bonds. The molecule has 3 unspecified atom stereocenters. The second kappa shape index (κ2) is 27.5. The Bertz CT molecular complexity index is 2790. The summed E-state index contributed by atoms with van der Waals surface area (Å²) in [5.74, 6) is 2.17. The molecule has 426 valence electrons. The van der Waals surface area contributed by atoms with E-state index in [2.05, 4.69) is 59.3 Å². The van der Waals surface area contributed by atoms with Gasteiger partial charge in [-0.05, 0) is 106 Å². The number of anilines is 2. The number of benzene rings is 2. The highest BCUT2D eigenvalue weighted by Crippen LogP contribution is 2.38. The van der Waals surface area contributed by atoms with E-state index in [-0.39, 0.29) is 47.3 Å². The number of ether oxygens (including phenoxy) is 1. The Labute approximate surface area is 464 Å². The molecular weight excluding hydrogens is 1010 g/mol. The van der Waals surface area contributed by atoms with Crippen molar-refractivity contribution < 1.29 is 33.5 Å². The molecule has 1 saturated carbocycles. The number of pyridine rings is 1. The highest BCUT2D eigenvalue weighted by Gasteiger charge is 2.36. The molecule has 9 rings (SSSR count). The molecule has 0 spiro atoms. The lowest BCUT2D eigenvalue weighted by molar-refractivity contribution is -0.127. The number of amides is 2. The zero-order valence-corrected chi connectivity index (χ0v) is 46.4. The van der Waals surface area contributed by atoms with E-state index in [1.165, 1.54) is 17.3 Å². The molecular formula is C59H82FN13O6. The third kappa shape index (κ3) is 15.3. The standard InChI is InChI=1S/C36H52FN7O4.C23H30N6O2/c1-24(2)34(32-20-33(41-48-32)44-18-11-26(12-19-44)22-43-16-13-29(46)14-17-43)30(6-5-15-38-23-45)36(47)40-25(3)27-7-9-28(10-8-27)35-31(37)21-39-42(35)4;24-19(18-6-1-2-7-21(18)30)15-20(23(25)26)29-12-10-28(11-13-29)16-8-9-27-22(14-16)31-17-4-3-5-17/h7-10,20-21,23-26,29-30,34,46H,5-6,11-19,22H2,1-4H3,(H,38,45)(H,40,47);1-2,6-9,14-15,17,30H,3-5,10-13,24-26H2/b;19-15-. The number of piperazine rings is 1. The fourth-order valence-corrected chi connectivity index (χ4v) is 11.2. The Balaban J connectivity index is 0.000000228. The number of aromatic hydroxyl groups is 1. The maximum absolute atomic E-state index is 14.3. The van der Waals surface area contributed by atoms with Gasteiger partial charge in [-0.3, -0.25) is 14.3 Å². The number of carbonyl (C=O) groups excluding carboxylic acids is 2. The van der Waals surface area contributed by atoms with E-state index in [1.54, 1.807) is 37.5 Å². The van der Waals surface area contributed by atoms with Crippen LogP contribution in [0, 0.1) is 23.6 Å². The number of aromatic nitrogens is 4. The van der Waals surface area contributed by atoms with Crippen LogP contribution >= 0.6 is 0 Å². The molecule has 6 heterocycles. The number of aliphatic hydroxyl groups is 1. The minimum atomic E-state index is -0.404. The largest absolute Gasteiger partial charge is 0.507 e. The topological polar surface area (TPSA) is 256 Å². The van der Waals surface area contributed by atoms with E-state index < -0.39 is 5.92 Å². The summed E-state index contributed by atoms with van der Waals surface area (Å²) in [6, 6.07) is 20.2. The Morgan fingerprint density at radius 3 is 2.27 bits per heavy atom. The van der Waals surface area contributed by atoms with Crippen LogP contribution in [0.5, 0.6) is 11.6 Å². The number of nitrogens with zero attached hydrogens (tertiary/aromatic N) is 8. The first kappa shape index (κ1) is 57.8. The van der Waals surface area contributed by atoms with E-state index in [9.17, 15) is 24.2 Å². The quantitative estimate of drug-likeness (QED) is 0.0233. The SMILES string of the molecule is CC(NC(=O)C(CCCNC=O)C(c1cc(N2CCC(CN3CCC(O)CC3)CC2)no1)C(C)C)c1ccc(-c2c(F)cnn2C)cc1.NC(N)=C(/C=C(\N)c1ccccc1O)N1CCN(c2ccnc(OC3CCC3)c2)CC1.